The zero-order valence-corrected chi connectivity index (χ0v) is 13.4. The Kier molecular flexibility index (Phi) is 4.45. The lowest BCUT2D eigenvalue weighted by molar-refractivity contribution is -0.131. The van der Waals surface area contributed by atoms with E-state index in [0.717, 1.165) is 51.1 Å². The summed E-state index contributed by atoms with van der Waals surface area (Å²) in [6.07, 6.45) is 5.89. The minimum absolute atomic E-state index is 0.318. The molecule has 2 heterocycles. The quantitative estimate of drug-likeness (QED) is 0.826. The van der Waals surface area contributed by atoms with Crippen molar-refractivity contribution in [1.29, 1.82) is 0 Å². The molecule has 1 saturated carbocycles. The number of nitrogens with zero attached hydrogens (tertiary/aromatic N) is 4. The SMILES string of the molecule is COc1cc(N2CCC(CN(C)C(=O)C3CC3)CC2)ncn1. The Hall–Kier alpha value is -1.85. The number of piperidine rings is 1. The maximum atomic E-state index is 12.0. The minimum Gasteiger partial charge on any atom is -0.481 e. The summed E-state index contributed by atoms with van der Waals surface area (Å²) < 4.78 is 5.15. The van der Waals surface area contributed by atoms with Gasteiger partial charge in [-0.25, -0.2) is 9.97 Å². The van der Waals surface area contributed by atoms with Crippen LogP contribution in [0.3, 0.4) is 0 Å². The summed E-state index contributed by atoms with van der Waals surface area (Å²) in [5, 5.41) is 0. The lowest BCUT2D eigenvalue weighted by atomic mass is 9.96. The van der Waals surface area contributed by atoms with Crippen LogP contribution < -0.4 is 9.64 Å². The van der Waals surface area contributed by atoms with Crippen LogP contribution >= 0.6 is 0 Å². The highest BCUT2D eigenvalue weighted by Gasteiger charge is 2.33. The molecule has 22 heavy (non-hydrogen) atoms. The Labute approximate surface area is 131 Å². The zero-order chi connectivity index (χ0) is 15.5. The molecule has 0 unspecified atom stereocenters. The smallest absolute Gasteiger partial charge is 0.225 e. The molecule has 0 atom stereocenters. The van der Waals surface area contributed by atoms with Gasteiger partial charge in [0.1, 0.15) is 12.1 Å². The largest absolute Gasteiger partial charge is 0.481 e. The summed E-state index contributed by atoms with van der Waals surface area (Å²) >= 11 is 0. The predicted molar refractivity (Wildman–Crippen MR) is 83.9 cm³/mol. The first-order chi connectivity index (χ1) is 10.7. The van der Waals surface area contributed by atoms with Gasteiger partial charge in [0, 0.05) is 38.7 Å². The van der Waals surface area contributed by atoms with E-state index < -0.39 is 0 Å². The molecule has 0 radical (unpaired) electrons. The Morgan fingerprint density at radius 3 is 2.68 bits per heavy atom. The zero-order valence-electron chi connectivity index (χ0n) is 13.4. The monoisotopic (exact) mass is 304 g/mol. The van der Waals surface area contributed by atoms with E-state index >= 15 is 0 Å². The van der Waals surface area contributed by atoms with Gasteiger partial charge in [0.05, 0.1) is 7.11 Å². The topological polar surface area (TPSA) is 58.6 Å². The first-order valence-corrected chi connectivity index (χ1v) is 8.03. The van der Waals surface area contributed by atoms with Gasteiger partial charge in [-0.1, -0.05) is 0 Å². The van der Waals surface area contributed by atoms with Crippen LogP contribution in [-0.2, 0) is 4.79 Å². The molecule has 1 aromatic rings. The number of methoxy groups -OCH3 is 1. The second kappa shape index (κ2) is 6.50. The third-order valence-electron chi connectivity index (χ3n) is 4.61. The fourth-order valence-electron chi connectivity index (χ4n) is 3.08. The first kappa shape index (κ1) is 15.1. The molecule has 1 aliphatic heterocycles. The van der Waals surface area contributed by atoms with E-state index in [0.29, 0.717) is 23.6 Å². The van der Waals surface area contributed by atoms with E-state index in [-0.39, 0.29) is 0 Å². The molecule has 0 aromatic carbocycles. The maximum Gasteiger partial charge on any atom is 0.225 e. The van der Waals surface area contributed by atoms with Crippen LogP contribution in [0.5, 0.6) is 5.88 Å². The van der Waals surface area contributed by atoms with Gasteiger partial charge in [-0.15, -0.1) is 0 Å². The summed E-state index contributed by atoms with van der Waals surface area (Å²) in [4.78, 5) is 24.6. The molecule has 6 heteroatoms. The van der Waals surface area contributed by atoms with Crippen molar-refractivity contribution in [2.75, 3.05) is 38.7 Å². The number of aromatic nitrogens is 2. The predicted octanol–water partition coefficient (Wildman–Crippen LogP) is 1.57. The number of amides is 1. The molecule has 2 aliphatic rings. The highest BCUT2D eigenvalue weighted by molar-refractivity contribution is 5.80. The summed E-state index contributed by atoms with van der Waals surface area (Å²) in [5.41, 5.74) is 0. The van der Waals surface area contributed by atoms with Crippen LogP contribution in [0, 0.1) is 11.8 Å². The molecule has 3 rings (SSSR count). The van der Waals surface area contributed by atoms with E-state index in [1.807, 2.05) is 18.0 Å². The Bertz CT molecular complexity index is 525. The Morgan fingerprint density at radius 1 is 1.32 bits per heavy atom. The molecule has 1 aromatic heterocycles. The van der Waals surface area contributed by atoms with Crippen molar-refractivity contribution >= 4 is 11.7 Å². The van der Waals surface area contributed by atoms with Gasteiger partial charge in [-0.05, 0) is 31.6 Å². The van der Waals surface area contributed by atoms with Crippen LogP contribution in [0.4, 0.5) is 5.82 Å². The second-order valence-corrected chi connectivity index (χ2v) is 6.34. The average Bonchev–Trinajstić information content (AvgIpc) is 3.40. The van der Waals surface area contributed by atoms with E-state index in [9.17, 15) is 4.79 Å². The summed E-state index contributed by atoms with van der Waals surface area (Å²) in [6.45, 7) is 2.82. The van der Waals surface area contributed by atoms with Crippen LogP contribution in [0.1, 0.15) is 25.7 Å². The minimum atomic E-state index is 0.318. The third kappa shape index (κ3) is 3.48. The summed E-state index contributed by atoms with van der Waals surface area (Å²) in [6, 6.07) is 1.88. The fourth-order valence-corrected chi connectivity index (χ4v) is 3.08. The molecule has 0 bridgehead atoms. The van der Waals surface area contributed by atoms with E-state index in [1.54, 1.807) is 13.4 Å². The molecule has 6 nitrogen and oxygen atoms in total. The van der Waals surface area contributed by atoms with Crippen molar-refractivity contribution in [1.82, 2.24) is 14.9 Å². The molecule has 1 saturated heterocycles. The lowest BCUT2D eigenvalue weighted by Crippen LogP contribution is -2.40. The average molecular weight is 304 g/mol. The van der Waals surface area contributed by atoms with Gasteiger partial charge < -0.3 is 14.5 Å². The Morgan fingerprint density at radius 2 is 2.05 bits per heavy atom. The number of anilines is 1. The second-order valence-electron chi connectivity index (χ2n) is 6.34. The van der Waals surface area contributed by atoms with E-state index in [1.165, 1.54) is 0 Å². The number of carbonyl (C=O) groups excluding carboxylic acids is 1. The molecular formula is C16H24N4O2. The summed E-state index contributed by atoms with van der Waals surface area (Å²) in [5.74, 6) is 2.77. The molecule has 1 amide bonds. The number of carbonyl (C=O) groups is 1. The van der Waals surface area contributed by atoms with Crippen LogP contribution in [-0.4, -0.2) is 54.6 Å². The van der Waals surface area contributed by atoms with Crippen molar-refractivity contribution in [3.8, 4) is 5.88 Å². The van der Waals surface area contributed by atoms with E-state index in [2.05, 4.69) is 14.9 Å². The highest BCUT2D eigenvalue weighted by Crippen LogP contribution is 2.31. The molecule has 120 valence electrons. The van der Waals surface area contributed by atoms with Crippen LogP contribution in [0.15, 0.2) is 12.4 Å². The number of rotatable bonds is 5. The van der Waals surface area contributed by atoms with Crippen molar-refractivity contribution in [3.63, 3.8) is 0 Å². The molecular weight excluding hydrogens is 280 g/mol. The van der Waals surface area contributed by atoms with Crippen molar-refractivity contribution < 1.29 is 9.53 Å². The van der Waals surface area contributed by atoms with Gasteiger partial charge >= 0.3 is 0 Å². The number of hydrogen-bond donors (Lipinski definition) is 0. The van der Waals surface area contributed by atoms with Gasteiger partial charge in [-0.3, -0.25) is 4.79 Å². The van der Waals surface area contributed by atoms with Gasteiger partial charge in [0.2, 0.25) is 11.8 Å². The summed E-state index contributed by atoms with van der Waals surface area (Å²) in [7, 11) is 3.56. The van der Waals surface area contributed by atoms with Gasteiger partial charge in [0.25, 0.3) is 0 Å². The van der Waals surface area contributed by atoms with E-state index in [4.69, 9.17) is 4.74 Å². The number of ether oxygens (including phenoxy) is 1. The molecule has 0 N–H and O–H groups in total. The van der Waals surface area contributed by atoms with Gasteiger partial charge in [-0.2, -0.15) is 0 Å². The Balaban J connectivity index is 1.50. The van der Waals surface area contributed by atoms with Crippen LogP contribution in [0.2, 0.25) is 0 Å². The number of hydrogen-bond acceptors (Lipinski definition) is 5. The van der Waals surface area contributed by atoms with Crippen molar-refractivity contribution in [2.45, 2.75) is 25.7 Å². The van der Waals surface area contributed by atoms with Gasteiger partial charge in [0.15, 0.2) is 0 Å². The fraction of sp³-hybridized carbons (Fsp3) is 0.688. The first-order valence-electron chi connectivity index (χ1n) is 8.03. The van der Waals surface area contributed by atoms with Crippen molar-refractivity contribution in [2.24, 2.45) is 11.8 Å². The third-order valence-corrected chi connectivity index (χ3v) is 4.61. The molecule has 1 aliphatic carbocycles. The maximum absolute atomic E-state index is 12.0. The van der Waals surface area contributed by atoms with Crippen molar-refractivity contribution in [3.05, 3.63) is 12.4 Å². The molecule has 2 fully saturated rings. The lowest BCUT2D eigenvalue weighted by Gasteiger charge is -2.34. The standard InChI is InChI=1S/C16H24N4O2/c1-19(16(21)13-3-4-13)10-12-5-7-20(8-6-12)14-9-15(22-2)18-11-17-14/h9,11-13H,3-8,10H2,1-2H3. The normalized spacial score (nSPS) is 19.1. The molecule has 0 spiro atoms. The van der Waals surface area contributed by atoms with Crippen LogP contribution in [0.25, 0.3) is 0 Å². The highest BCUT2D eigenvalue weighted by atomic mass is 16.5.